The van der Waals surface area contributed by atoms with E-state index in [1.54, 1.807) is 30.3 Å². The summed E-state index contributed by atoms with van der Waals surface area (Å²) in [7, 11) is 0. The predicted octanol–water partition coefficient (Wildman–Crippen LogP) is 3.44. The Kier molecular flexibility index (Phi) is 7.24. The summed E-state index contributed by atoms with van der Waals surface area (Å²) in [6, 6.07) is 12.0. The molecule has 1 amide bonds. The van der Waals surface area contributed by atoms with Crippen LogP contribution in [0.3, 0.4) is 0 Å². The third-order valence-corrected chi connectivity index (χ3v) is 3.38. The Morgan fingerprint density at radius 2 is 1.85 bits per heavy atom. The second-order valence-corrected chi connectivity index (χ2v) is 5.27. The van der Waals surface area contributed by atoms with Crippen molar-refractivity contribution in [2.24, 2.45) is 0 Å². The number of hydrogen-bond acceptors (Lipinski definition) is 5. The van der Waals surface area contributed by atoms with Crippen molar-refractivity contribution in [1.82, 2.24) is 5.32 Å². The molecule has 142 valence electrons. The summed E-state index contributed by atoms with van der Waals surface area (Å²) in [5.74, 6) is -0.413. The fourth-order valence-electron chi connectivity index (χ4n) is 2.14. The molecule has 2 N–H and O–H groups in total. The molecule has 2 aromatic rings. The SMILES string of the molecule is O=C(/C=C/c1ccccc1OC(F)F)NCCNc1ccc([N+](=O)[O-])cc1. The maximum absolute atomic E-state index is 12.3. The molecule has 0 bridgehead atoms. The number of nitro benzene ring substituents is 1. The van der Waals surface area contributed by atoms with E-state index < -0.39 is 17.4 Å². The van der Waals surface area contributed by atoms with Gasteiger partial charge in [0.05, 0.1) is 4.92 Å². The summed E-state index contributed by atoms with van der Waals surface area (Å²) in [5, 5.41) is 16.2. The highest BCUT2D eigenvalue weighted by atomic mass is 19.3. The number of para-hydroxylation sites is 1. The fraction of sp³-hybridized carbons (Fsp3) is 0.167. The van der Waals surface area contributed by atoms with Crippen LogP contribution in [0, 0.1) is 10.1 Å². The summed E-state index contributed by atoms with van der Waals surface area (Å²) in [6.45, 7) is -2.24. The molecule has 0 fully saturated rings. The van der Waals surface area contributed by atoms with Gasteiger partial charge >= 0.3 is 6.61 Å². The van der Waals surface area contributed by atoms with Gasteiger partial charge < -0.3 is 15.4 Å². The van der Waals surface area contributed by atoms with Gasteiger partial charge in [-0.2, -0.15) is 8.78 Å². The van der Waals surface area contributed by atoms with Gasteiger partial charge in [-0.1, -0.05) is 18.2 Å². The maximum Gasteiger partial charge on any atom is 0.387 e. The van der Waals surface area contributed by atoms with Crippen molar-refractivity contribution in [3.63, 3.8) is 0 Å². The quantitative estimate of drug-likeness (QED) is 0.302. The van der Waals surface area contributed by atoms with Crippen molar-refractivity contribution in [2.45, 2.75) is 6.61 Å². The Hall–Kier alpha value is -3.49. The van der Waals surface area contributed by atoms with Gasteiger partial charge in [-0.15, -0.1) is 0 Å². The molecule has 27 heavy (non-hydrogen) atoms. The summed E-state index contributed by atoms with van der Waals surface area (Å²) in [4.78, 5) is 21.9. The smallest absolute Gasteiger partial charge is 0.387 e. The van der Waals surface area contributed by atoms with E-state index in [4.69, 9.17) is 0 Å². The number of anilines is 1. The topological polar surface area (TPSA) is 93.5 Å². The van der Waals surface area contributed by atoms with Crippen LogP contribution in [-0.4, -0.2) is 30.5 Å². The number of ether oxygens (including phenoxy) is 1. The van der Waals surface area contributed by atoms with Crippen molar-refractivity contribution < 1.29 is 23.2 Å². The Morgan fingerprint density at radius 1 is 1.15 bits per heavy atom. The first-order chi connectivity index (χ1) is 13.0. The van der Waals surface area contributed by atoms with Gasteiger partial charge in [-0.25, -0.2) is 0 Å². The number of nitrogens with one attached hydrogen (secondary N) is 2. The number of amides is 1. The molecule has 0 radical (unpaired) electrons. The van der Waals surface area contributed by atoms with Crippen LogP contribution in [0.1, 0.15) is 5.56 Å². The second-order valence-electron chi connectivity index (χ2n) is 5.27. The van der Waals surface area contributed by atoms with E-state index in [0.717, 1.165) is 0 Å². The van der Waals surface area contributed by atoms with Gasteiger partial charge in [-0.05, 0) is 24.3 Å². The standard InChI is InChI=1S/C18H17F2N3O4/c19-18(20)27-16-4-2-1-3-13(16)5-10-17(24)22-12-11-21-14-6-8-15(9-7-14)23(25)26/h1-10,18,21H,11-12H2,(H,22,24)/b10-5+. The predicted molar refractivity (Wildman–Crippen MR) is 96.7 cm³/mol. The summed E-state index contributed by atoms with van der Waals surface area (Å²) < 4.78 is 29.1. The lowest BCUT2D eigenvalue weighted by molar-refractivity contribution is -0.384. The third kappa shape index (κ3) is 6.73. The van der Waals surface area contributed by atoms with Crippen LogP contribution in [0.25, 0.3) is 6.08 Å². The highest BCUT2D eigenvalue weighted by Gasteiger charge is 2.07. The second kappa shape index (κ2) is 9.85. The van der Waals surface area contributed by atoms with E-state index in [1.807, 2.05) is 0 Å². The molecule has 0 aliphatic carbocycles. The van der Waals surface area contributed by atoms with Gasteiger partial charge in [-0.3, -0.25) is 14.9 Å². The summed E-state index contributed by atoms with van der Waals surface area (Å²) in [5.41, 5.74) is 1.04. The molecule has 0 atom stereocenters. The monoisotopic (exact) mass is 377 g/mol. The van der Waals surface area contributed by atoms with E-state index in [0.29, 0.717) is 24.3 Å². The number of carbonyl (C=O) groups excluding carboxylic acids is 1. The van der Waals surface area contributed by atoms with Crippen LogP contribution in [0.15, 0.2) is 54.6 Å². The van der Waals surface area contributed by atoms with Crippen LogP contribution < -0.4 is 15.4 Å². The van der Waals surface area contributed by atoms with Crippen LogP contribution in [0.5, 0.6) is 5.75 Å². The van der Waals surface area contributed by atoms with Crippen LogP contribution in [0.4, 0.5) is 20.2 Å². The Balaban J connectivity index is 1.78. The third-order valence-electron chi connectivity index (χ3n) is 3.38. The molecule has 0 spiro atoms. The van der Waals surface area contributed by atoms with Crippen molar-refractivity contribution >= 4 is 23.4 Å². The summed E-state index contributed by atoms with van der Waals surface area (Å²) >= 11 is 0. The number of rotatable bonds is 9. The Morgan fingerprint density at radius 3 is 2.52 bits per heavy atom. The van der Waals surface area contributed by atoms with Gasteiger partial charge in [0.1, 0.15) is 5.75 Å². The van der Waals surface area contributed by atoms with Gasteiger partial charge in [0.2, 0.25) is 5.91 Å². The average molecular weight is 377 g/mol. The minimum absolute atomic E-state index is 0.00454. The first kappa shape index (κ1) is 19.8. The zero-order chi connectivity index (χ0) is 19.6. The average Bonchev–Trinajstić information content (AvgIpc) is 2.64. The van der Waals surface area contributed by atoms with E-state index >= 15 is 0 Å². The molecule has 0 heterocycles. The largest absolute Gasteiger partial charge is 0.434 e. The van der Waals surface area contributed by atoms with Crippen molar-refractivity contribution in [1.29, 1.82) is 0 Å². The van der Waals surface area contributed by atoms with Crippen LogP contribution in [0.2, 0.25) is 0 Å². The summed E-state index contributed by atoms with van der Waals surface area (Å²) in [6.07, 6.45) is 2.61. The molecule has 0 saturated carbocycles. The molecule has 2 rings (SSSR count). The maximum atomic E-state index is 12.3. The van der Waals surface area contributed by atoms with Crippen molar-refractivity contribution in [2.75, 3.05) is 18.4 Å². The van der Waals surface area contributed by atoms with Crippen molar-refractivity contribution in [3.8, 4) is 5.75 Å². The molecule has 9 heteroatoms. The Labute approximate surface area is 153 Å². The van der Waals surface area contributed by atoms with E-state index in [9.17, 15) is 23.7 Å². The molecular formula is C18H17F2N3O4. The van der Waals surface area contributed by atoms with Crippen molar-refractivity contribution in [3.05, 3.63) is 70.3 Å². The first-order valence-electron chi connectivity index (χ1n) is 7.94. The fourth-order valence-corrected chi connectivity index (χ4v) is 2.14. The molecule has 0 unspecified atom stereocenters. The number of nitro groups is 1. The van der Waals surface area contributed by atoms with E-state index in [-0.39, 0.29) is 11.4 Å². The molecular weight excluding hydrogens is 360 g/mol. The number of benzene rings is 2. The number of carbonyl (C=O) groups is 1. The number of nitrogens with zero attached hydrogens (tertiary/aromatic N) is 1. The van der Waals surface area contributed by atoms with Crippen LogP contribution in [-0.2, 0) is 4.79 Å². The molecule has 0 aliphatic rings. The number of non-ortho nitro benzene ring substituents is 1. The number of halogens is 2. The highest BCUT2D eigenvalue weighted by molar-refractivity contribution is 5.92. The lowest BCUT2D eigenvalue weighted by atomic mass is 10.2. The molecule has 2 aromatic carbocycles. The normalized spacial score (nSPS) is 10.8. The number of alkyl halides is 2. The number of hydrogen-bond donors (Lipinski definition) is 2. The molecule has 0 aromatic heterocycles. The van der Waals surface area contributed by atoms with Gasteiger partial charge in [0.25, 0.3) is 5.69 Å². The zero-order valence-corrected chi connectivity index (χ0v) is 14.1. The zero-order valence-electron chi connectivity index (χ0n) is 14.1. The lowest BCUT2D eigenvalue weighted by Crippen LogP contribution is -2.27. The molecule has 0 saturated heterocycles. The minimum Gasteiger partial charge on any atom is -0.434 e. The van der Waals surface area contributed by atoms with Gasteiger partial charge in [0, 0.05) is 42.5 Å². The molecule has 0 aliphatic heterocycles. The first-order valence-corrected chi connectivity index (χ1v) is 7.94. The molecule has 7 nitrogen and oxygen atoms in total. The lowest BCUT2D eigenvalue weighted by Gasteiger charge is -2.08. The van der Waals surface area contributed by atoms with Gasteiger partial charge in [0.15, 0.2) is 0 Å². The van der Waals surface area contributed by atoms with Crippen LogP contribution >= 0.6 is 0 Å². The minimum atomic E-state index is -2.95. The Bertz CT molecular complexity index is 811. The van der Waals surface area contributed by atoms with E-state index in [1.165, 1.54) is 30.4 Å². The highest BCUT2D eigenvalue weighted by Crippen LogP contribution is 2.21. The van der Waals surface area contributed by atoms with E-state index in [2.05, 4.69) is 15.4 Å².